The number of rotatable bonds is 5. The van der Waals surface area contributed by atoms with Crippen LogP contribution in [0, 0.1) is 5.41 Å². The Morgan fingerprint density at radius 3 is 2.69 bits per heavy atom. The highest BCUT2D eigenvalue weighted by Crippen LogP contribution is 2.32. The van der Waals surface area contributed by atoms with Gasteiger partial charge in [-0.25, -0.2) is 0 Å². The minimum Gasteiger partial charge on any atom is -0.381 e. The van der Waals surface area contributed by atoms with E-state index in [0.717, 1.165) is 50.0 Å². The molecule has 1 aromatic heterocycles. The Bertz CT molecular complexity index is 710. The van der Waals surface area contributed by atoms with Crippen molar-refractivity contribution >= 4 is 16.8 Å². The van der Waals surface area contributed by atoms with Crippen LogP contribution >= 0.6 is 0 Å². The fourth-order valence-electron chi connectivity index (χ4n) is 4.35. The van der Waals surface area contributed by atoms with Gasteiger partial charge in [0.05, 0.1) is 0 Å². The Labute approximate surface area is 155 Å². The molecule has 2 saturated heterocycles. The van der Waals surface area contributed by atoms with Gasteiger partial charge in [0.25, 0.3) is 5.91 Å². The van der Waals surface area contributed by atoms with Gasteiger partial charge in [0.15, 0.2) is 0 Å². The van der Waals surface area contributed by atoms with Gasteiger partial charge in [-0.2, -0.15) is 0 Å². The van der Waals surface area contributed by atoms with E-state index in [9.17, 15) is 4.79 Å². The molecule has 5 nitrogen and oxygen atoms in total. The van der Waals surface area contributed by atoms with Crippen molar-refractivity contribution in [3.8, 4) is 0 Å². The lowest BCUT2D eigenvalue weighted by Gasteiger charge is -2.42. The molecule has 5 heteroatoms. The smallest absolute Gasteiger partial charge is 0.267 e. The number of hydrogen-bond donors (Lipinski definition) is 2. The predicted octanol–water partition coefficient (Wildman–Crippen LogP) is 3.18. The number of hydrogen-bond acceptors (Lipinski definition) is 3. The Kier molecular flexibility index (Phi) is 5.27. The van der Waals surface area contributed by atoms with Gasteiger partial charge in [0.1, 0.15) is 5.69 Å². The maximum absolute atomic E-state index is 12.7. The van der Waals surface area contributed by atoms with Gasteiger partial charge < -0.3 is 19.9 Å². The summed E-state index contributed by atoms with van der Waals surface area (Å²) in [6.45, 7) is 5.79. The highest BCUT2D eigenvalue weighted by Gasteiger charge is 2.35. The molecule has 2 fully saturated rings. The number of carbonyl (C=O) groups excluding carboxylic acids is 1. The van der Waals surface area contributed by atoms with Crippen LogP contribution in [0.15, 0.2) is 30.3 Å². The van der Waals surface area contributed by atoms with E-state index in [4.69, 9.17) is 4.74 Å². The first-order chi connectivity index (χ1) is 12.7. The first-order valence-corrected chi connectivity index (χ1v) is 9.90. The molecule has 1 amide bonds. The SMILES string of the molecule is O=C(NCC1(CN2CCCCC2)CCOCC1)c1cc2ccccc2[nH]1. The van der Waals surface area contributed by atoms with Crippen LogP contribution in [-0.2, 0) is 4.74 Å². The summed E-state index contributed by atoms with van der Waals surface area (Å²) in [6.07, 6.45) is 6.00. The van der Waals surface area contributed by atoms with Crippen molar-refractivity contribution in [1.82, 2.24) is 15.2 Å². The standard InChI is InChI=1S/C21H29N3O2/c25-20(19-14-17-6-2-3-7-18(17)23-19)22-15-21(8-12-26-13-9-21)16-24-10-4-1-5-11-24/h2-3,6-7,14,23H,1,4-5,8-13,15-16H2,(H,22,25). The van der Waals surface area contributed by atoms with Crippen LogP contribution in [0.4, 0.5) is 0 Å². The second-order valence-corrected chi connectivity index (χ2v) is 7.90. The first kappa shape index (κ1) is 17.6. The lowest BCUT2D eigenvalue weighted by atomic mass is 9.79. The molecule has 2 N–H and O–H groups in total. The molecule has 2 aliphatic heterocycles. The van der Waals surface area contributed by atoms with Gasteiger partial charge in [0.2, 0.25) is 0 Å². The molecule has 0 atom stereocenters. The van der Waals surface area contributed by atoms with Crippen LogP contribution < -0.4 is 5.32 Å². The zero-order chi connectivity index (χ0) is 17.8. The number of benzene rings is 1. The van der Waals surface area contributed by atoms with Gasteiger partial charge in [-0.05, 0) is 50.9 Å². The topological polar surface area (TPSA) is 57.4 Å². The van der Waals surface area contributed by atoms with E-state index >= 15 is 0 Å². The number of likely N-dealkylation sites (tertiary alicyclic amines) is 1. The maximum Gasteiger partial charge on any atom is 0.267 e. The van der Waals surface area contributed by atoms with Crippen LogP contribution in [0.3, 0.4) is 0 Å². The second-order valence-electron chi connectivity index (χ2n) is 7.90. The summed E-state index contributed by atoms with van der Waals surface area (Å²) in [5, 5.41) is 4.28. The summed E-state index contributed by atoms with van der Waals surface area (Å²) in [5.41, 5.74) is 1.79. The lowest BCUT2D eigenvalue weighted by Crippen LogP contribution is -2.49. The van der Waals surface area contributed by atoms with Crippen LogP contribution in [0.1, 0.15) is 42.6 Å². The van der Waals surface area contributed by atoms with E-state index in [0.29, 0.717) is 5.69 Å². The average Bonchev–Trinajstić information content (AvgIpc) is 3.12. The molecule has 3 heterocycles. The van der Waals surface area contributed by atoms with E-state index in [1.54, 1.807) is 0 Å². The molecule has 0 radical (unpaired) electrons. The van der Waals surface area contributed by atoms with Crippen LogP contribution in [0.2, 0.25) is 0 Å². The van der Waals surface area contributed by atoms with E-state index in [-0.39, 0.29) is 11.3 Å². The van der Waals surface area contributed by atoms with E-state index in [1.807, 2.05) is 30.3 Å². The number of nitrogens with one attached hydrogen (secondary N) is 2. The molecule has 0 bridgehead atoms. The number of aromatic nitrogens is 1. The van der Waals surface area contributed by atoms with Gasteiger partial charge >= 0.3 is 0 Å². The molecule has 0 saturated carbocycles. The van der Waals surface area contributed by atoms with Crippen molar-refractivity contribution in [2.45, 2.75) is 32.1 Å². The van der Waals surface area contributed by atoms with Crippen LogP contribution in [0.5, 0.6) is 0 Å². The number of nitrogens with zero attached hydrogens (tertiary/aromatic N) is 1. The molecule has 2 aliphatic rings. The molecule has 0 spiro atoms. The number of ether oxygens (including phenoxy) is 1. The highest BCUT2D eigenvalue weighted by atomic mass is 16.5. The van der Waals surface area contributed by atoms with Crippen LogP contribution in [0.25, 0.3) is 10.9 Å². The van der Waals surface area contributed by atoms with Crippen molar-refractivity contribution in [3.63, 3.8) is 0 Å². The van der Waals surface area contributed by atoms with Gasteiger partial charge in [-0.1, -0.05) is 24.6 Å². The summed E-state index contributed by atoms with van der Waals surface area (Å²) in [7, 11) is 0. The fraction of sp³-hybridized carbons (Fsp3) is 0.571. The quantitative estimate of drug-likeness (QED) is 0.866. The third-order valence-corrected chi connectivity index (χ3v) is 5.96. The molecule has 1 aromatic carbocycles. The number of para-hydroxylation sites is 1. The fourth-order valence-corrected chi connectivity index (χ4v) is 4.35. The number of aromatic amines is 1. The van der Waals surface area contributed by atoms with Crippen molar-refractivity contribution in [2.75, 3.05) is 39.4 Å². The molecule has 0 aliphatic carbocycles. The average molecular weight is 355 g/mol. The maximum atomic E-state index is 12.7. The Hall–Kier alpha value is -1.85. The van der Waals surface area contributed by atoms with Crippen molar-refractivity contribution in [3.05, 3.63) is 36.0 Å². The summed E-state index contributed by atoms with van der Waals surface area (Å²) in [6, 6.07) is 9.94. The normalized spacial score (nSPS) is 20.9. The zero-order valence-electron chi connectivity index (χ0n) is 15.4. The first-order valence-electron chi connectivity index (χ1n) is 9.90. The second kappa shape index (κ2) is 7.80. The van der Waals surface area contributed by atoms with E-state index in [1.165, 1.54) is 32.4 Å². The highest BCUT2D eigenvalue weighted by molar-refractivity contribution is 5.97. The number of amides is 1. The molecule has 4 rings (SSSR count). The van der Waals surface area contributed by atoms with E-state index < -0.39 is 0 Å². The summed E-state index contributed by atoms with van der Waals surface area (Å²) < 4.78 is 5.61. The minimum atomic E-state index is -0.00860. The number of H-pyrrole nitrogens is 1. The summed E-state index contributed by atoms with van der Waals surface area (Å²) >= 11 is 0. The minimum absolute atomic E-state index is 0.00860. The molecule has 140 valence electrons. The predicted molar refractivity (Wildman–Crippen MR) is 103 cm³/mol. The third kappa shape index (κ3) is 3.94. The Morgan fingerprint density at radius 2 is 1.92 bits per heavy atom. The summed E-state index contributed by atoms with van der Waals surface area (Å²) in [5.74, 6) is -0.00860. The molecular formula is C21H29N3O2. The Morgan fingerprint density at radius 1 is 1.15 bits per heavy atom. The van der Waals surface area contributed by atoms with Gasteiger partial charge in [-0.3, -0.25) is 4.79 Å². The number of piperidine rings is 1. The van der Waals surface area contributed by atoms with Gasteiger partial charge in [-0.15, -0.1) is 0 Å². The number of carbonyl (C=O) groups is 1. The molecule has 26 heavy (non-hydrogen) atoms. The van der Waals surface area contributed by atoms with Crippen LogP contribution in [-0.4, -0.2) is 55.2 Å². The molecule has 0 unspecified atom stereocenters. The lowest BCUT2D eigenvalue weighted by molar-refractivity contribution is -0.00673. The molecular weight excluding hydrogens is 326 g/mol. The third-order valence-electron chi connectivity index (χ3n) is 5.96. The number of fused-ring (bicyclic) bond motifs is 1. The van der Waals surface area contributed by atoms with Crippen molar-refractivity contribution in [2.24, 2.45) is 5.41 Å². The zero-order valence-corrected chi connectivity index (χ0v) is 15.4. The van der Waals surface area contributed by atoms with Crippen molar-refractivity contribution in [1.29, 1.82) is 0 Å². The van der Waals surface area contributed by atoms with E-state index in [2.05, 4.69) is 15.2 Å². The van der Waals surface area contributed by atoms with Crippen molar-refractivity contribution < 1.29 is 9.53 Å². The monoisotopic (exact) mass is 355 g/mol. The Balaban J connectivity index is 1.42. The summed E-state index contributed by atoms with van der Waals surface area (Å²) in [4.78, 5) is 18.5. The largest absolute Gasteiger partial charge is 0.381 e. The van der Waals surface area contributed by atoms with Gasteiger partial charge in [0, 0.05) is 42.6 Å². The molecule has 2 aromatic rings.